The van der Waals surface area contributed by atoms with E-state index in [2.05, 4.69) is 0 Å². The predicted octanol–water partition coefficient (Wildman–Crippen LogP) is 1.74. The number of amides is 1. The molecule has 1 atom stereocenters. The van der Waals surface area contributed by atoms with Gasteiger partial charge in [0.2, 0.25) is 5.91 Å². The molecule has 0 spiro atoms. The number of carbonyl (C=O) groups excluding carboxylic acids is 1. The standard InChI is InChI=1S/C15H12F2N2O3S/c16-9-5-6-14(12(17)7-9)23(21,22)19-8-11(15(18)20)10-3-1-2-4-13(10)19/h1-7,11H,8H2,(H2,18,20). The molecule has 1 heterocycles. The van der Waals surface area contributed by atoms with Crippen LogP contribution in [0.15, 0.2) is 47.4 Å². The van der Waals surface area contributed by atoms with Crippen LogP contribution in [0.1, 0.15) is 11.5 Å². The molecular formula is C15H12F2N2O3S. The van der Waals surface area contributed by atoms with Gasteiger partial charge >= 0.3 is 0 Å². The van der Waals surface area contributed by atoms with E-state index in [0.717, 1.165) is 16.4 Å². The smallest absolute Gasteiger partial charge is 0.267 e. The number of anilines is 1. The maximum atomic E-state index is 13.9. The first-order chi connectivity index (χ1) is 10.8. The summed E-state index contributed by atoms with van der Waals surface area (Å²) in [4.78, 5) is 10.9. The van der Waals surface area contributed by atoms with Crippen LogP contribution >= 0.6 is 0 Å². The van der Waals surface area contributed by atoms with Crippen LogP contribution in [0, 0.1) is 11.6 Å². The minimum absolute atomic E-state index is 0.214. The van der Waals surface area contributed by atoms with E-state index in [1.807, 2.05) is 0 Å². The molecule has 1 aliphatic heterocycles. The highest BCUT2D eigenvalue weighted by Crippen LogP contribution is 2.39. The Labute approximate surface area is 131 Å². The van der Waals surface area contributed by atoms with Crippen molar-refractivity contribution in [2.24, 2.45) is 5.73 Å². The fraction of sp³-hybridized carbons (Fsp3) is 0.133. The van der Waals surface area contributed by atoms with Gasteiger partial charge in [0, 0.05) is 6.07 Å². The lowest BCUT2D eigenvalue weighted by Gasteiger charge is -2.20. The van der Waals surface area contributed by atoms with E-state index in [1.165, 1.54) is 6.07 Å². The van der Waals surface area contributed by atoms with Crippen molar-refractivity contribution in [3.8, 4) is 0 Å². The van der Waals surface area contributed by atoms with Gasteiger partial charge in [-0.15, -0.1) is 0 Å². The van der Waals surface area contributed by atoms with E-state index in [1.54, 1.807) is 18.2 Å². The van der Waals surface area contributed by atoms with Crippen molar-refractivity contribution in [1.29, 1.82) is 0 Å². The molecule has 0 saturated carbocycles. The molecule has 2 aromatic carbocycles. The van der Waals surface area contributed by atoms with Crippen LogP contribution in [-0.4, -0.2) is 20.9 Å². The Morgan fingerprint density at radius 3 is 2.52 bits per heavy atom. The number of benzene rings is 2. The highest BCUT2D eigenvalue weighted by atomic mass is 32.2. The summed E-state index contributed by atoms with van der Waals surface area (Å²) < 4.78 is 53.2. The fourth-order valence-electron chi connectivity index (χ4n) is 2.65. The number of nitrogens with zero attached hydrogens (tertiary/aromatic N) is 1. The second-order valence-corrected chi connectivity index (χ2v) is 6.96. The second-order valence-electron chi connectivity index (χ2n) is 5.12. The average molecular weight is 338 g/mol. The molecule has 0 bridgehead atoms. The molecule has 0 aliphatic carbocycles. The zero-order chi connectivity index (χ0) is 16.8. The SMILES string of the molecule is NC(=O)C1CN(S(=O)(=O)c2ccc(F)cc2F)c2ccccc21. The summed E-state index contributed by atoms with van der Waals surface area (Å²) >= 11 is 0. The molecule has 1 aliphatic rings. The maximum Gasteiger partial charge on any atom is 0.267 e. The molecule has 0 aromatic heterocycles. The lowest BCUT2D eigenvalue weighted by molar-refractivity contribution is -0.119. The molecule has 5 nitrogen and oxygen atoms in total. The van der Waals surface area contributed by atoms with Crippen molar-refractivity contribution in [2.45, 2.75) is 10.8 Å². The zero-order valence-electron chi connectivity index (χ0n) is 11.7. The summed E-state index contributed by atoms with van der Waals surface area (Å²) in [5, 5.41) is 0. The van der Waals surface area contributed by atoms with E-state index in [4.69, 9.17) is 5.73 Å². The third-order valence-electron chi connectivity index (χ3n) is 3.73. The molecule has 0 radical (unpaired) electrons. The number of rotatable bonds is 3. The van der Waals surface area contributed by atoms with Crippen LogP contribution in [0.4, 0.5) is 14.5 Å². The van der Waals surface area contributed by atoms with Crippen LogP contribution in [0.3, 0.4) is 0 Å². The van der Waals surface area contributed by atoms with Crippen molar-refractivity contribution < 1.29 is 22.0 Å². The number of sulfonamides is 1. The maximum absolute atomic E-state index is 13.9. The van der Waals surface area contributed by atoms with Crippen molar-refractivity contribution in [1.82, 2.24) is 0 Å². The van der Waals surface area contributed by atoms with Crippen LogP contribution in [-0.2, 0) is 14.8 Å². The van der Waals surface area contributed by atoms with E-state index >= 15 is 0 Å². The van der Waals surface area contributed by atoms with E-state index in [9.17, 15) is 22.0 Å². The molecule has 8 heteroatoms. The largest absolute Gasteiger partial charge is 0.369 e. The minimum atomic E-state index is -4.28. The molecule has 3 rings (SSSR count). The fourth-order valence-corrected chi connectivity index (χ4v) is 4.20. The van der Waals surface area contributed by atoms with Crippen molar-refractivity contribution in [2.75, 3.05) is 10.8 Å². The molecular weight excluding hydrogens is 326 g/mol. The third kappa shape index (κ3) is 2.44. The van der Waals surface area contributed by atoms with Crippen molar-refractivity contribution in [3.05, 3.63) is 59.7 Å². The first kappa shape index (κ1) is 15.4. The molecule has 23 heavy (non-hydrogen) atoms. The number of fused-ring (bicyclic) bond motifs is 1. The quantitative estimate of drug-likeness (QED) is 0.926. The first-order valence-corrected chi connectivity index (χ1v) is 8.12. The average Bonchev–Trinajstić information content (AvgIpc) is 2.87. The minimum Gasteiger partial charge on any atom is -0.369 e. The summed E-state index contributed by atoms with van der Waals surface area (Å²) in [7, 11) is -4.28. The molecule has 2 aromatic rings. The molecule has 1 unspecified atom stereocenters. The Bertz CT molecular complexity index is 899. The number of para-hydroxylation sites is 1. The number of hydrogen-bond donors (Lipinski definition) is 1. The second kappa shape index (κ2) is 5.31. The molecule has 1 amide bonds. The van der Waals surface area contributed by atoms with Crippen LogP contribution in [0.5, 0.6) is 0 Å². The number of hydrogen-bond acceptors (Lipinski definition) is 3. The van der Waals surface area contributed by atoms with Gasteiger partial charge in [-0.25, -0.2) is 17.2 Å². The van der Waals surface area contributed by atoms with E-state index in [0.29, 0.717) is 11.6 Å². The first-order valence-electron chi connectivity index (χ1n) is 6.68. The zero-order valence-corrected chi connectivity index (χ0v) is 12.6. The van der Waals surface area contributed by atoms with Crippen LogP contribution < -0.4 is 10.0 Å². The van der Waals surface area contributed by atoms with Gasteiger partial charge in [-0.1, -0.05) is 18.2 Å². The van der Waals surface area contributed by atoms with Crippen LogP contribution in [0.25, 0.3) is 0 Å². The summed E-state index contributed by atoms with van der Waals surface area (Å²) in [6, 6.07) is 8.60. The van der Waals surface area contributed by atoms with Gasteiger partial charge in [0.1, 0.15) is 16.5 Å². The summed E-state index contributed by atoms with van der Waals surface area (Å²) in [6.45, 7) is -0.214. The summed E-state index contributed by atoms with van der Waals surface area (Å²) in [6.07, 6.45) is 0. The number of primary amides is 1. The van der Waals surface area contributed by atoms with Crippen molar-refractivity contribution in [3.63, 3.8) is 0 Å². The normalized spacial score (nSPS) is 17.1. The Hall–Kier alpha value is -2.48. The highest BCUT2D eigenvalue weighted by molar-refractivity contribution is 7.92. The Morgan fingerprint density at radius 2 is 1.87 bits per heavy atom. The predicted molar refractivity (Wildman–Crippen MR) is 79.3 cm³/mol. The monoisotopic (exact) mass is 338 g/mol. The third-order valence-corrected chi connectivity index (χ3v) is 5.55. The molecule has 0 fully saturated rings. The number of halogens is 2. The molecule has 120 valence electrons. The summed E-state index contributed by atoms with van der Waals surface area (Å²) in [5.41, 5.74) is 6.05. The van der Waals surface area contributed by atoms with E-state index < -0.39 is 38.4 Å². The Kier molecular flexibility index (Phi) is 3.56. The summed E-state index contributed by atoms with van der Waals surface area (Å²) in [5.74, 6) is -3.55. The molecule has 0 saturated heterocycles. The number of carbonyl (C=O) groups is 1. The van der Waals surface area contributed by atoms with Gasteiger partial charge < -0.3 is 5.73 Å². The molecule has 2 N–H and O–H groups in total. The Balaban J connectivity index is 2.13. The van der Waals surface area contributed by atoms with Gasteiger partial charge in [0.05, 0.1) is 18.2 Å². The number of nitrogens with two attached hydrogens (primary N) is 1. The van der Waals surface area contributed by atoms with E-state index in [-0.39, 0.29) is 12.2 Å². The van der Waals surface area contributed by atoms with Gasteiger partial charge in [0.15, 0.2) is 0 Å². The highest BCUT2D eigenvalue weighted by Gasteiger charge is 2.39. The Morgan fingerprint density at radius 1 is 1.17 bits per heavy atom. The lowest BCUT2D eigenvalue weighted by Crippen LogP contribution is -2.33. The van der Waals surface area contributed by atoms with Gasteiger partial charge in [-0.3, -0.25) is 9.10 Å². The van der Waals surface area contributed by atoms with Gasteiger partial charge in [0.25, 0.3) is 10.0 Å². The van der Waals surface area contributed by atoms with Gasteiger partial charge in [-0.05, 0) is 23.8 Å². The van der Waals surface area contributed by atoms with Crippen LogP contribution in [0.2, 0.25) is 0 Å². The van der Waals surface area contributed by atoms with Crippen molar-refractivity contribution >= 4 is 21.6 Å². The lowest BCUT2D eigenvalue weighted by atomic mass is 10.0. The topological polar surface area (TPSA) is 80.5 Å². The van der Waals surface area contributed by atoms with Gasteiger partial charge in [-0.2, -0.15) is 0 Å².